The molecule has 26 heavy (non-hydrogen) atoms. The number of ether oxygens (including phenoxy) is 1. The molecular formula is C19H22ClNO5. The summed E-state index contributed by atoms with van der Waals surface area (Å²) < 4.78 is 5.98. The van der Waals surface area contributed by atoms with Crippen LogP contribution in [0.5, 0.6) is 5.75 Å². The molecule has 2 N–H and O–H groups in total. The van der Waals surface area contributed by atoms with Crippen LogP contribution in [0.25, 0.3) is 10.8 Å². The van der Waals surface area contributed by atoms with Crippen molar-refractivity contribution in [1.82, 2.24) is 4.90 Å². The van der Waals surface area contributed by atoms with Crippen molar-refractivity contribution >= 4 is 34.3 Å². The molecule has 1 aliphatic rings. The van der Waals surface area contributed by atoms with Crippen LogP contribution in [0.1, 0.15) is 19.3 Å². The minimum Gasteiger partial charge on any atom is -0.492 e. The predicted molar refractivity (Wildman–Crippen MR) is 100 cm³/mol. The van der Waals surface area contributed by atoms with Gasteiger partial charge in [-0.05, 0) is 38.1 Å². The molecule has 2 aromatic rings. The van der Waals surface area contributed by atoms with E-state index in [1.807, 2.05) is 30.3 Å². The summed E-state index contributed by atoms with van der Waals surface area (Å²) in [6.45, 7) is 4.18. The second-order valence-corrected chi connectivity index (χ2v) is 6.36. The van der Waals surface area contributed by atoms with Gasteiger partial charge in [0.05, 0.1) is 0 Å². The molecule has 0 saturated carbocycles. The molecule has 3 rings (SSSR count). The van der Waals surface area contributed by atoms with Gasteiger partial charge in [-0.15, -0.1) is 0 Å². The highest BCUT2D eigenvalue weighted by Crippen LogP contribution is 2.31. The minimum absolute atomic E-state index is 0.742. The topological polar surface area (TPSA) is 87.1 Å². The molecule has 0 aliphatic carbocycles. The number of aliphatic carboxylic acids is 2. The molecule has 0 amide bonds. The second kappa shape index (κ2) is 9.99. The van der Waals surface area contributed by atoms with Gasteiger partial charge in [-0.1, -0.05) is 42.3 Å². The molecule has 0 spiro atoms. The molecule has 2 aromatic carbocycles. The number of carboxylic acids is 2. The summed E-state index contributed by atoms with van der Waals surface area (Å²) in [5.41, 5.74) is 0. The van der Waals surface area contributed by atoms with Gasteiger partial charge in [0.25, 0.3) is 0 Å². The standard InChI is InChI=1S/C17H20ClNO.C2H2O4/c18-16-8-9-17(15-7-3-2-6-14(15)16)20-13-12-19-10-4-1-5-11-19;3-1(4)2(5)6/h2-3,6-9H,1,4-5,10-13H2;(H,3,4)(H,5,6). The first kappa shape index (κ1) is 20.0. The number of hydrogen-bond acceptors (Lipinski definition) is 4. The Labute approximate surface area is 156 Å². The van der Waals surface area contributed by atoms with Crippen molar-refractivity contribution in [3.05, 3.63) is 41.4 Å². The van der Waals surface area contributed by atoms with Crippen molar-refractivity contribution in [2.24, 2.45) is 0 Å². The van der Waals surface area contributed by atoms with Crippen LogP contribution in [0.4, 0.5) is 0 Å². The average molecular weight is 380 g/mol. The number of benzene rings is 2. The van der Waals surface area contributed by atoms with Crippen LogP contribution in [0.2, 0.25) is 5.02 Å². The number of piperidine rings is 1. The molecular weight excluding hydrogens is 358 g/mol. The van der Waals surface area contributed by atoms with E-state index in [0.717, 1.165) is 34.7 Å². The molecule has 7 heteroatoms. The lowest BCUT2D eigenvalue weighted by molar-refractivity contribution is -0.159. The lowest BCUT2D eigenvalue weighted by Gasteiger charge is -2.26. The summed E-state index contributed by atoms with van der Waals surface area (Å²) in [5.74, 6) is -2.72. The minimum atomic E-state index is -1.82. The van der Waals surface area contributed by atoms with Crippen molar-refractivity contribution < 1.29 is 24.5 Å². The molecule has 0 bridgehead atoms. The molecule has 6 nitrogen and oxygen atoms in total. The lowest BCUT2D eigenvalue weighted by Crippen LogP contribution is -2.33. The smallest absolute Gasteiger partial charge is 0.414 e. The fourth-order valence-electron chi connectivity index (χ4n) is 2.83. The summed E-state index contributed by atoms with van der Waals surface area (Å²) in [4.78, 5) is 20.7. The zero-order valence-electron chi connectivity index (χ0n) is 14.4. The Kier molecular flexibility index (Phi) is 7.69. The number of likely N-dealkylation sites (tertiary alicyclic amines) is 1. The maximum Gasteiger partial charge on any atom is 0.414 e. The van der Waals surface area contributed by atoms with E-state index in [1.165, 1.54) is 32.4 Å². The Morgan fingerprint density at radius 2 is 1.58 bits per heavy atom. The van der Waals surface area contributed by atoms with Crippen molar-refractivity contribution in [3.63, 3.8) is 0 Å². The summed E-state index contributed by atoms with van der Waals surface area (Å²) >= 11 is 6.22. The summed E-state index contributed by atoms with van der Waals surface area (Å²) in [6.07, 6.45) is 4.02. The van der Waals surface area contributed by atoms with Crippen LogP contribution in [-0.2, 0) is 9.59 Å². The van der Waals surface area contributed by atoms with Gasteiger partial charge in [0.2, 0.25) is 0 Å². The van der Waals surface area contributed by atoms with Gasteiger partial charge in [-0.2, -0.15) is 0 Å². The number of hydrogen-bond donors (Lipinski definition) is 2. The Morgan fingerprint density at radius 1 is 0.962 bits per heavy atom. The Morgan fingerprint density at radius 3 is 2.19 bits per heavy atom. The Balaban J connectivity index is 0.000000352. The monoisotopic (exact) mass is 379 g/mol. The van der Waals surface area contributed by atoms with E-state index in [9.17, 15) is 0 Å². The van der Waals surface area contributed by atoms with Gasteiger partial charge >= 0.3 is 11.9 Å². The van der Waals surface area contributed by atoms with E-state index >= 15 is 0 Å². The van der Waals surface area contributed by atoms with E-state index in [-0.39, 0.29) is 0 Å². The highest BCUT2D eigenvalue weighted by atomic mass is 35.5. The third-order valence-electron chi connectivity index (χ3n) is 4.13. The zero-order valence-corrected chi connectivity index (χ0v) is 15.1. The van der Waals surface area contributed by atoms with Crippen LogP contribution < -0.4 is 4.74 Å². The normalized spacial score (nSPS) is 14.3. The number of rotatable bonds is 4. The molecule has 0 aromatic heterocycles. The van der Waals surface area contributed by atoms with E-state index < -0.39 is 11.9 Å². The summed E-state index contributed by atoms with van der Waals surface area (Å²) in [5, 5.41) is 17.7. The highest BCUT2D eigenvalue weighted by molar-refractivity contribution is 6.35. The molecule has 1 aliphatic heterocycles. The van der Waals surface area contributed by atoms with Gasteiger partial charge in [-0.3, -0.25) is 4.90 Å². The van der Waals surface area contributed by atoms with E-state index in [1.54, 1.807) is 0 Å². The summed E-state index contributed by atoms with van der Waals surface area (Å²) in [6, 6.07) is 12.0. The number of fused-ring (bicyclic) bond motifs is 1. The third kappa shape index (κ3) is 5.89. The number of carboxylic acid groups (broad SMARTS) is 2. The fraction of sp³-hybridized carbons (Fsp3) is 0.368. The quantitative estimate of drug-likeness (QED) is 0.790. The summed E-state index contributed by atoms with van der Waals surface area (Å²) in [7, 11) is 0. The molecule has 1 saturated heterocycles. The first-order chi connectivity index (χ1) is 12.5. The average Bonchev–Trinajstić information content (AvgIpc) is 2.65. The Hall–Kier alpha value is -2.31. The van der Waals surface area contributed by atoms with Crippen molar-refractivity contribution in [1.29, 1.82) is 0 Å². The maximum atomic E-state index is 9.10. The number of carbonyl (C=O) groups is 2. The van der Waals surface area contributed by atoms with E-state index in [2.05, 4.69) is 11.0 Å². The van der Waals surface area contributed by atoms with Gasteiger partial charge in [-0.25, -0.2) is 9.59 Å². The largest absolute Gasteiger partial charge is 0.492 e. The fourth-order valence-corrected chi connectivity index (χ4v) is 3.06. The van der Waals surface area contributed by atoms with E-state index in [0.29, 0.717) is 0 Å². The van der Waals surface area contributed by atoms with Crippen molar-refractivity contribution in [2.45, 2.75) is 19.3 Å². The van der Waals surface area contributed by atoms with Gasteiger partial charge in [0.15, 0.2) is 0 Å². The lowest BCUT2D eigenvalue weighted by atomic mass is 10.1. The predicted octanol–water partition coefficient (Wildman–Crippen LogP) is 3.51. The highest BCUT2D eigenvalue weighted by Gasteiger charge is 2.10. The molecule has 0 unspecified atom stereocenters. The van der Waals surface area contributed by atoms with Crippen LogP contribution in [0.3, 0.4) is 0 Å². The van der Waals surface area contributed by atoms with Crippen LogP contribution >= 0.6 is 11.6 Å². The van der Waals surface area contributed by atoms with Crippen molar-refractivity contribution in [2.75, 3.05) is 26.2 Å². The van der Waals surface area contributed by atoms with Crippen LogP contribution in [-0.4, -0.2) is 53.3 Å². The first-order valence-corrected chi connectivity index (χ1v) is 8.85. The van der Waals surface area contributed by atoms with Crippen molar-refractivity contribution in [3.8, 4) is 5.75 Å². The van der Waals surface area contributed by atoms with Crippen LogP contribution in [0.15, 0.2) is 36.4 Å². The molecule has 0 atom stereocenters. The molecule has 0 radical (unpaired) electrons. The van der Waals surface area contributed by atoms with E-state index in [4.69, 9.17) is 36.1 Å². The zero-order chi connectivity index (χ0) is 18.9. The Bertz CT molecular complexity index is 747. The van der Waals surface area contributed by atoms with Crippen LogP contribution in [0, 0.1) is 0 Å². The number of halogens is 1. The molecule has 1 heterocycles. The second-order valence-electron chi connectivity index (χ2n) is 5.95. The molecule has 1 fully saturated rings. The third-order valence-corrected chi connectivity index (χ3v) is 4.46. The maximum absolute atomic E-state index is 9.10. The SMILES string of the molecule is Clc1ccc(OCCN2CCCCC2)c2ccccc12.O=C(O)C(=O)O. The molecule has 140 valence electrons. The van der Waals surface area contributed by atoms with Gasteiger partial charge in [0.1, 0.15) is 12.4 Å². The number of nitrogens with zero attached hydrogens (tertiary/aromatic N) is 1. The first-order valence-electron chi connectivity index (χ1n) is 8.47. The van der Waals surface area contributed by atoms with Gasteiger partial charge < -0.3 is 14.9 Å². The van der Waals surface area contributed by atoms with Gasteiger partial charge in [0, 0.05) is 22.3 Å².